The van der Waals surface area contributed by atoms with Gasteiger partial charge in [0, 0.05) is 22.1 Å². The van der Waals surface area contributed by atoms with Gasteiger partial charge in [-0.05, 0) is 48.4 Å². The van der Waals surface area contributed by atoms with Gasteiger partial charge in [0.25, 0.3) is 0 Å². The van der Waals surface area contributed by atoms with Gasteiger partial charge in [-0.15, -0.1) is 0 Å². The lowest BCUT2D eigenvalue weighted by molar-refractivity contribution is 0.568. The summed E-state index contributed by atoms with van der Waals surface area (Å²) in [6, 6.07) is 12.6. The average molecular weight is 343 g/mol. The number of nitrogens with one attached hydrogen (secondary N) is 1. The standard InChI is InChI=1S/C15H14BrClFN/c1-10(11-3-2-4-13(17)7-11)19-9-12-8-14(18)5-6-15(12)16/h2-8,10,19H,9H2,1H3/t10-/m0/s1. The molecule has 4 heteroatoms. The third-order valence-corrected chi connectivity index (χ3v) is 3.96. The molecular weight excluding hydrogens is 329 g/mol. The molecular formula is C15H14BrClFN. The van der Waals surface area contributed by atoms with Gasteiger partial charge in [-0.1, -0.05) is 39.7 Å². The quantitative estimate of drug-likeness (QED) is 0.816. The molecule has 0 radical (unpaired) electrons. The fraction of sp³-hybridized carbons (Fsp3) is 0.200. The van der Waals surface area contributed by atoms with Crippen molar-refractivity contribution in [2.75, 3.05) is 0 Å². The Labute approximate surface area is 125 Å². The van der Waals surface area contributed by atoms with E-state index in [2.05, 4.69) is 28.2 Å². The summed E-state index contributed by atoms with van der Waals surface area (Å²) in [4.78, 5) is 0. The number of benzene rings is 2. The maximum Gasteiger partial charge on any atom is 0.123 e. The summed E-state index contributed by atoms with van der Waals surface area (Å²) in [7, 11) is 0. The van der Waals surface area contributed by atoms with Crippen LogP contribution in [0, 0.1) is 5.82 Å². The van der Waals surface area contributed by atoms with Crippen molar-refractivity contribution in [2.45, 2.75) is 19.5 Å². The van der Waals surface area contributed by atoms with Crippen LogP contribution in [0.4, 0.5) is 4.39 Å². The van der Waals surface area contributed by atoms with E-state index in [-0.39, 0.29) is 11.9 Å². The molecule has 0 fully saturated rings. The van der Waals surface area contributed by atoms with E-state index in [1.54, 1.807) is 6.07 Å². The first-order valence-corrected chi connectivity index (χ1v) is 7.16. The van der Waals surface area contributed by atoms with Gasteiger partial charge in [0.1, 0.15) is 5.82 Å². The number of hydrogen-bond acceptors (Lipinski definition) is 1. The van der Waals surface area contributed by atoms with Crippen LogP contribution in [0.15, 0.2) is 46.9 Å². The van der Waals surface area contributed by atoms with Crippen LogP contribution in [0.5, 0.6) is 0 Å². The fourth-order valence-corrected chi connectivity index (χ4v) is 2.42. The summed E-state index contributed by atoms with van der Waals surface area (Å²) in [6.07, 6.45) is 0. The second-order valence-electron chi connectivity index (χ2n) is 4.39. The molecule has 0 aliphatic heterocycles. The topological polar surface area (TPSA) is 12.0 Å². The minimum absolute atomic E-state index is 0.147. The predicted octanol–water partition coefficient (Wildman–Crippen LogP) is 5.09. The molecule has 0 unspecified atom stereocenters. The van der Waals surface area contributed by atoms with Crippen LogP contribution in [-0.4, -0.2) is 0 Å². The Morgan fingerprint density at radius 3 is 2.79 bits per heavy atom. The summed E-state index contributed by atoms with van der Waals surface area (Å²) in [6.45, 7) is 2.64. The maximum absolute atomic E-state index is 13.2. The van der Waals surface area contributed by atoms with Crippen LogP contribution >= 0.6 is 27.5 Å². The summed E-state index contributed by atoms with van der Waals surface area (Å²) in [5.41, 5.74) is 2.01. The van der Waals surface area contributed by atoms with Crippen molar-refractivity contribution in [3.05, 3.63) is 68.9 Å². The highest BCUT2D eigenvalue weighted by molar-refractivity contribution is 9.10. The van der Waals surface area contributed by atoms with Crippen molar-refractivity contribution in [3.63, 3.8) is 0 Å². The molecule has 0 aliphatic carbocycles. The van der Waals surface area contributed by atoms with E-state index in [0.717, 1.165) is 20.6 Å². The molecule has 1 N–H and O–H groups in total. The van der Waals surface area contributed by atoms with Crippen LogP contribution in [0.1, 0.15) is 24.1 Å². The normalized spacial score (nSPS) is 12.4. The second-order valence-corrected chi connectivity index (χ2v) is 5.68. The Hall–Kier alpha value is -0.900. The molecule has 2 aromatic rings. The van der Waals surface area contributed by atoms with Crippen molar-refractivity contribution in [1.82, 2.24) is 5.32 Å². The minimum atomic E-state index is -0.226. The third kappa shape index (κ3) is 4.03. The average Bonchev–Trinajstić information content (AvgIpc) is 2.39. The predicted molar refractivity (Wildman–Crippen MR) is 80.8 cm³/mol. The molecule has 1 nitrogen and oxygen atoms in total. The molecule has 0 aliphatic rings. The highest BCUT2D eigenvalue weighted by Gasteiger charge is 2.07. The van der Waals surface area contributed by atoms with E-state index < -0.39 is 0 Å². The summed E-state index contributed by atoms with van der Waals surface area (Å²) >= 11 is 9.39. The van der Waals surface area contributed by atoms with E-state index in [9.17, 15) is 4.39 Å². The second kappa shape index (κ2) is 6.51. The zero-order valence-electron chi connectivity index (χ0n) is 10.5. The van der Waals surface area contributed by atoms with E-state index in [4.69, 9.17) is 11.6 Å². The van der Waals surface area contributed by atoms with Gasteiger partial charge in [-0.25, -0.2) is 4.39 Å². The molecule has 2 aromatic carbocycles. The van der Waals surface area contributed by atoms with Crippen molar-refractivity contribution in [1.29, 1.82) is 0 Å². The number of rotatable bonds is 4. The Kier molecular flexibility index (Phi) is 4.97. The first-order chi connectivity index (χ1) is 9.06. The van der Waals surface area contributed by atoms with Gasteiger partial charge >= 0.3 is 0 Å². The molecule has 100 valence electrons. The van der Waals surface area contributed by atoms with Crippen molar-refractivity contribution < 1.29 is 4.39 Å². The molecule has 0 spiro atoms. The Balaban J connectivity index is 2.04. The summed E-state index contributed by atoms with van der Waals surface area (Å²) in [5.74, 6) is -0.226. The summed E-state index contributed by atoms with van der Waals surface area (Å²) in [5, 5.41) is 4.08. The maximum atomic E-state index is 13.2. The first kappa shape index (κ1) is 14.5. The molecule has 1 atom stereocenters. The lowest BCUT2D eigenvalue weighted by Gasteiger charge is -2.15. The molecule has 0 aromatic heterocycles. The van der Waals surface area contributed by atoms with Crippen LogP contribution < -0.4 is 5.32 Å². The van der Waals surface area contributed by atoms with E-state index in [1.807, 2.05) is 24.3 Å². The Morgan fingerprint density at radius 1 is 1.26 bits per heavy atom. The monoisotopic (exact) mass is 341 g/mol. The third-order valence-electron chi connectivity index (χ3n) is 2.96. The van der Waals surface area contributed by atoms with Crippen molar-refractivity contribution >= 4 is 27.5 Å². The zero-order chi connectivity index (χ0) is 13.8. The molecule has 0 amide bonds. The van der Waals surface area contributed by atoms with Crippen molar-refractivity contribution in [3.8, 4) is 0 Å². The van der Waals surface area contributed by atoms with Crippen LogP contribution in [0.25, 0.3) is 0 Å². The van der Waals surface area contributed by atoms with Crippen LogP contribution in [0.3, 0.4) is 0 Å². The molecule has 2 rings (SSSR count). The van der Waals surface area contributed by atoms with E-state index in [0.29, 0.717) is 6.54 Å². The number of hydrogen-bond donors (Lipinski definition) is 1. The van der Waals surface area contributed by atoms with E-state index in [1.165, 1.54) is 12.1 Å². The van der Waals surface area contributed by atoms with Crippen molar-refractivity contribution in [2.24, 2.45) is 0 Å². The van der Waals surface area contributed by atoms with Gasteiger partial charge in [0.2, 0.25) is 0 Å². The highest BCUT2D eigenvalue weighted by Crippen LogP contribution is 2.21. The fourth-order valence-electron chi connectivity index (χ4n) is 1.84. The molecule has 0 saturated carbocycles. The van der Waals surface area contributed by atoms with Gasteiger partial charge in [0.15, 0.2) is 0 Å². The SMILES string of the molecule is C[C@H](NCc1cc(F)ccc1Br)c1cccc(Cl)c1. The van der Waals surface area contributed by atoms with Crippen LogP contribution in [0.2, 0.25) is 5.02 Å². The number of halogens is 3. The minimum Gasteiger partial charge on any atom is -0.306 e. The zero-order valence-corrected chi connectivity index (χ0v) is 12.8. The lowest BCUT2D eigenvalue weighted by atomic mass is 10.1. The van der Waals surface area contributed by atoms with Gasteiger partial charge in [0.05, 0.1) is 0 Å². The highest BCUT2D eigenvalue weighted by atomic mass is 79.9. The summed E-state index contributed by atoms with van der Waals surface area (Å²) < 4.78 is 14.1. The largest absolute Gasteiger partial charge is 0.306 e. The smallest absolute Gasteiger partial charge is 0.123 e. The van der Waals surface area contributed by atoms with Gasteiger partial charge in [-0.3, -0.25) is 0 Å². The van der Waals surface area contributed by atoms with Crippen LogP contribution in [-0.2, 0) is 6.54 Å². The first-order valence-electron chi connectivity index (χ1n) is 5.99. The molecule has 0 saturated heterocycles. The molecule has 0 heterocycles. The lowest BCUT2D eigenvalue weighted by Crippen LogP contribution is -2.18. The Bertz CT molecular complexity index is 574. The Morgan fingerprint density at radius 2 is 2.05 bits per heavy atom. The van der Waals surface area contributed by atoms with Gasteiger partial charge in [-0.2, -0.15) is 0 Å². The van der Waals surface area contributed by atoms with Gasteiger partial charge < -0.3 is 5.32 Å². The molecule has 19 heavy (non-hydrogen) atoms. The van der Waals surface area contributed by atoms with E-state index >= 15 is 0 Å². The molecule has 0 bridgehead atoms.